The molecule has 0 aromatic heterocycles. The Labute approximate surface area is 165 Å². The lowest BCUT2D eigenvalue weighted by Gasteiger charge is -2.12. The molecule has 0 saturated heterocycles. The normalized spacial score (nSPS) is 11.0. The van der Waals surface area contributed by atoms with Crippen molar-refractivity contribution < 1.29 is 18.0 Å². The van der Waals surface area contributed by atoms with E-state index in [2.05, 4.69) is 15.4 Å². The summed E-state index contributed by atoms with van der Waals surface area (Å²) in [5, 5.41) is 5.16. The summed E-state index contributed by atoms with van der Waals surface area (Å²) in [7, 11) is -3.78. The summed E-state index contributed by atoms with van der Waals surface area (Å²) in [6.07, 6.45) is 0.811. The molecule has 0 aliphatic carbocycles. The highest BCUT2D eigenvalue weighted by molar-refractivity contribution is 7.92. The molecule has 150 valence electrons. The van der Waals surface area contributed by atoms with Crippen LogP contribution >= 0.6 is 0 Å². The maximum Gasteiger partial charge on any atom is 0.261 e. The Morgan fingerprint density at radius 2 is 1.64 bits per heavy atom. The number of nitrogens with one attached hydrogen (secondary N) is 3. The van der Waals surface area contributed by atoms with Crippen molar-refractivity contribution >= 4 is 27.5 Å². The first-order chi connectivity index (χ1) is 13.2. The van der Waals surface area contributed by atoms with Crippen molar-refractivity contribution in [2.75, 3.05) is 17.8 Å². The molecule has 0 unspecified atom stereocenters. The molecule has 7 nitrogen and oxygen atoms in total. The van der Waals surface area contributed by atoms with Gasteiger partial charge in [0.05, 0.1) is 17.1 Å². The van der Waals surface area contributed by atoms with Crippen molar-refractivity contribution in [3.8, 4) is 0 Å². The zero-order chi connectivity index (χ0) is 20.7. The maximum absolute atomic E-state index is 12.6. The molecule has 8 heteroatoms. The third-order valence-electron chi connectivity index (χ3n) is 4.26. The van der Waals surface area contributed by atoms with Gasteiger partial charge in [0.15, 0.2) is 0 Å². The van der Waals surface area contributed by atoms with E-state index in [1.165, 1.54) is 24.3 Å². The van der Waals surface area contributed by atoms with Crippen LogP contribution in [0.2, 0.25) is 0 Å². The molecule has 0 aliphatic heterocycles. The third-order valence-corrected chi connectivity index (χ3v) is 5.64. The summed E-state index contributed by atoms with van der Waals surface area (Å²) in [6.45, 7) is 6.10. The molecule has 2 aromatic carbocycles. The van der Waals surface area contributed by atoms with E-state index < -0.39 is 15.9 Å². The van der Waals surface area contributed by atoms with Crippen LogP contribution in [0.15, 0.2) is 47.4 Å². The quantitative estimate of drug-likeness (QED) is 0.629. The van der Waals surface area contributed by atoms with E-state index in [4.69, 9.17) is 0 Å². The molecular weight excluding hydrogens is 378 g/mol. The summed E-state index contributed by atoms with van der Waals surface area (Å²) >= 11 is 0. The highest BCUT2D eigenvalue weighted by Crippen LogP contribution is 2.22. The average molecular weight is 404 g/mol. The first-order valence-electron chi connectivity index (χ1n) is 8.98. The van der Waals surface area contributed by atoms with Gasteiger partial charge in [-0.1, -0.05) is 19.1 Å². The number of sulfonamides is 1. The summed E-state index contributed by atoms with van der Waals surface area (Å²) in [4.78, 5) is 23.7. The van der Waals surface area contributed by atoms with Gasteiger partial charge in [0.2, 0.25) is 5.91 Å². The number of carbonyl (C=O) groups is 2. The van der Waals surface area contributed by atoms with Crippen LogP contribution < -0.4 is 15.4 Å². The van der Waals surface area contributed by atoms with Crippen molar-refractivity contribution in [1.82, 2.24) is 10.6 Å². The minimum absolute atomic E-state index is 0.0469. The lowest BCUT2D eigenvalue weighted by atomic mass is 10.1. The van der Waals surface area contributed by atoms with Crippen LogP contribution in [0.3, 0.4) is 0 Å². The van der Waals surface area contributed by atoms with Gasteiger partial charge in [0, 0.05) is 12.1 Å². The molecule has 2 rings (SSSR count). The van der Waals surface area contributed by atoms with E-state index >= 15 is 0 Å². The summed E-state index contributed by atoms with van der Waals surface area (Å²) in [5.41, 5.74) is 2.62. The van der Waals surface area contributed by atoms with Gasteiger partial charge in [-0.3, -0.25) is 14.3 Å². The molecule has 0 spiro atoms. The van der Waals surface area contributed by atoms with Crippen LogP contribution in [-0.4, -0.2) is 33.3 Å². The molecule has 0 bridgehead atoms. The number of anilines is 1. The Kier molecular flexibility index (Phi) is 7.17. The molecule has 2 aromatic rings. The maximum atomic E-state index is 12.6. The van der Waals surface area contributed by atoms with Crippen LogP contribution in [0, 0.1) is 13.8 Å². The van der Waals surface area contributed by atoms with Gasteiger partial charge in [0.1, 0.15) is 0 Å². The second kappa shape index (κ2) is 9.36. The fraction of sp³-hybridized carbons (Fsp3) is 0.300. The fourth-order valence-electron chi connectivity index (χ4n) is 2.44. The van der Waals surface area contributed by atoms with E-state index in [1.54, 1.807) is 12.1 Å². The van der Waals surface area contributed by atoms with E-state index in [-0.39, 0.29) is 22.9 Å². The van der Waals surface area contributed by atoms with Crippen molar-refractivity contribution in [3.05, 3.63) is 59.2 Å². The highest BCUT2D eigenvalue weighted by atomic mass is 32.2. The molecule has 0 heterocycles. The Balaban J connectivity index is 2.05. The van der Waals surface area contributed by atoms with Gasteiger partial charge < -0.3 is 10.6 Å². The van der Waals surface area contributed by atoms with Crippen molar-refractivity contribution in [2.45, 2.75) is 32.1 Å². The van der Waals surface area contributed by atoms with E-state index in [0.29, 0.717) is 12.2 Å². The number of rotatable bonds is 8. The van der Waals surface area contributed by atoms with Crippen LogP contribution in [0.5, 0.6) is 0 Å². The molecule has 0 atom stereocenters. The topological polar surface area (TPSA) is 104 Å². The minimum atomic E-state index is -3.78. The number of hydrogen-bond donors (Lipinski definition) is 3. The molecule has 28 heavy (non-hydrogen) atoms. The Morgan fingerprint density at radius 3 is 2.29 bits per heavy atom. The lowest BCUT2D eigenvalue weighted by Crippen LogP contribution is -2.37. The SMILES string of the molecule is CCCNC(=O)CNC(=O)c1ccc(S(=O)(=O)Nc2cccc(C)c2C)cc1. The smallest absolute Gasteiger partial charge is 0.261 e. The van der Waals surface area contributed by atoms with Gasteiger partial charge in [0.25, 0.3) is 15.9 Å². The van der Waals surface area contributed by atoms with E-state index in [0.717, 1.165) is 17.5 Å². The molecule has 2 amide bonds. The predicted molar refractivity (Wildman–Crippen MR) is 109 cm³/mol. The number of amides is 2. The van der Waals surface area contributed by atoms with Crippen molar-refractivity contribution in [3.63, 3.8) is 0 Å². The zero-order valence-corrected chi connectivity index (χ0v) is 17.0. The molecule has 0 radical (unpaired) electrons. The van der Waals surface area contributed by atoms with Crippen LogP contribution in [0.1, 0.15) is 34.8 Å². The summed E-state index contributed by atoms with van der Waals surface area (Å²) < 4.78 is 27.8. The zero-order valence-electron chi connectivity index (χ0n) is 16.2. The van der Waals surface area contributed by atoms with Gasteiger partial charge >= 0.3 is 0 Å². The van der Waals surface area contributed by atoms with Crippen molar-refractivity contribution in [2.24, 2.45) is 0 Å². The predicted octanol–water partition coefficient (Wildman–Crippen LogP) is 2.36. The molecule has 0 fully saturated rings. The molecule has 0 saturated carbocycles. The van der Waals surface area contributed by atoms with Gasteiger partial charge in [-0.05, 0) is 61.7 Å². The van der Waals surface area contributed by atoms with Crippen molar-refractivity contribution in [1.29, 1.82) is 0 Å². The number of benzene rings is 2. The largest absolute Gasteiger partial charge is 0.355 e. The fourth-order valence-corrected chi connectivity index (χ4v) is 3.56. The van der Waals surface area contributed by atoms with Gasteiger partial charge in [-0.25, -0.2) is 8.42 Å². The molecular formula is C20H25N3O4S. The summed E-state index contributed by atoms with van der Waals surface area (Å²) in [5.74, 6) is -0.717. The third kappa shape index (κ3) is 5.56. The number of hydrogen-bond acceptors (Lipinski definition) is 4. The Morgan fingerprint density at radius 1 is 0.964 bits per heavy atom. The Bertz CT molecular complexity index is 954. The molecule has 3 N–H and O–H groups in total. The average Bonchev–Trinajstić information content (AvgIpc) is 2.68. The van der Waals surface area contributed by atoms with Gasteiger partial charge in [-0.15, -0.1) is 0 Å². The lowest BCUT2D eigenvalue weighted by molar-refractivity contribution is -0.120. The van der Waals surface area contributed by atoms with Gasteiger partial charge in [-0.2, -0.15) is 0 Å². The summed E-state index contributed by atoms with van der Waals surface area (Å²) in [6, 6.07) is 10.9. The Hall–Kier alpha value is -2.87. The highest BCUT2D eigenvalue weighted by Gasteiger charge is 2.17. The first-order valence-corrected chi connectivity index (χ1v) is 10.5. The van der Waals surface area contributed by atoms with E-state index in [1.807, 2.05) is 26.8 Å². The van der Waals surface area contributed by atoms with Crippen LogP contribution in [-0.2, 0) is 14.8 Å². The minimum Gasteiger partial charge on any atom is -0.355 e. The standard InChI is InChI=1S/C20H25N3O4S/c1-4-12-21-19(24)13-22-20(25)16-8-10-17(11-9-16)28(26,27)23-18-7-5-6-14(2)15(18)3/h5-11,23H,4,12-13H2,1-3H3,(H,21,24)(H,22,25). The number of carbonyl (C=O) groups excluding carboxylic acids is 2. The number of aryl methyl sites for hydroxylation is 1. The second-order valence-corrected chi connectivity index (χ2v) is 8.09. The van der Waals surface area contributed by atoms with Crippen LogP contribution in [0.4, 0.5) is 5.69 Å². The van der Waals surface area contributed by atoms with Crippen LogP contribution in [0.25, 0.3) is 0 Å². The monoisotopic (exact) mass is 403 g/mol. The first kappa shape index (κ1) is 21.4. The second-order valence-electron chi connectivity index (χ2n) is 6.41. The van der Waals surface area contributed by atoms with E-state index in [9.17, 15) is 18.0 Å². The molecule has 0 aliphatic rings.